The average molecular weight is 407 g/mol. The van der Waals surface area contributed by atoms with Gasteiger partial charge in [0.15, 0.2) is 5.82 Å². The fraction of sp³-hybridized carbons (Fsp3) is 0.350. The molecule has 150 valence electrons. The highest BCUT2D eigenvalue weighted by molar-refractivity contribution is 7.93. The molecular weight excluding hydrogens is 384 g/mol. The van der Waals surface area contributed by atoms with E-state index in [1.54, 1.807) is 13.0 Å². The minimum absolute atomic E-state index is 0.179. The van der Waals surface area contributed by atoms with E-state index in [1.165, 1.54) is 6.20 Å². The first-order valence-electron chi connectivity index (χ1n) is 9.00. The molecule has 0 radical (unpaired) electrons. The van der Waals surface area contributed by atoms with Crippen molar-refractivity contribution in [3.05, 3.63) is 53.9 Å². The summed E-state index contributed by atoms with van der Waals surface area (Å²) in [6, 6.07) is 4.52. The molecule has 0 atom stereocenters. The molecule has 3 aromatic rings. The van der Waals surface area contributed by atoms with Crippen LogP contribution in [0.15, 0.2) is 36.7 Å². The molecule has 5 nitrogen and oxygen atoms in total. The summed E-state index contributed by atoms with van der Waals surface area (Å²) in [6.45, 7) is 7.83. The number of nitrogens with zero attached hydrogens (tertiary/aromatic N) is 2. The van der Waals surface area contributed by atoms with E-state index < -0.39 is 21.7 Å². The lowest BCUT2D eigenvalue weighted by atomic mass is 9.87. The van der Waals surface area contributed by atoms with Crippen molar-refractivity contribution in [3.63, 3.8) is 0 Å². The molecule has 0 unspecified atom stereocenters. The van der Waals surface area contributed by atoms with Crippen LogP contribution in [0, 0.1) is 11.6 Å². The van der Waals surface area contributed by atoms with Gasteiger partial charge >= 0.3 is 0 Å². The zero-order valence-electron chi connectivity index (χ0n) is 16.3. The predicted octanol–water partition coefficient (Wildman–Crippen LogP) is 5.02. The van der Waals surface area contributed by atoms with Crippen molar-refractivity contribution >= 4 is 32.4 Å². The third-order valence-corrected chi connectivity index (χ3v) is 6.32. The van der Waals surface area contributed by atoms with E-state index in [1.807, 2.05) is 27.0 Å². The van der Waals surface area contributed by atoms with Gasteiger partial charge in [-0.05, 0) is 35.6 Å². The Balaban J connectivity index is 2.26. The van der Waals surface area contributed by atoms with Gasteiger partial charge in [-0.1, -0.05) is 27.7 Å². The first kappa shape index (κ1) is 20.3. The first-order valence-corrected chi connectivity index (χ1v) is 10.6. The molecule has 0 amide bonds. The molecule has 0 saturated heterocycles. The number of anilines is 2. The first-order chi connectivity index (χ1) is 13.0. The molecular formula is C20H23F2N3O2S. The number of aromatic amines is 1. The Morgan fingerprint density at radius 2 is 1.89 bits per heavy atom. The number of nitrogens with one attached hydrogen (secondary N) is 1. The summed E-state index contributed by atoms with van der Waals surface area (Å²) in [5.74, 6) is -1.91. The van der Waals surface area contributed by atoms with Gasteiger partial charge in [0.25, 0.3) is 0 Å². The van der Waals surface area contributed by atoms with E-state index in [4.69, 9.17) is 0 Å². The zero-order chi connectivity index (χ0) is 20.7. The van der Waals surface area contributed by atoms with Gasteiger partial charge in [-0.2, -0.15) is 0 Å². The SMILES string of the molecule is CCCS(=O)(=O)N(c1cnc2[nH]cc(C(C)(C)C)c2c1)c1ccc(F)cc1F. The number of aromatic nitrogens is 2. The van der Waals surface area contributed by atoms with Gasteiger partial charge in [-0.25, -0.2) is 26.5 Å². The third-order valence-electron chi connectivity index (χ3n) is 4.43. The van der Waals surface area contributed by atoms with Crippen LogP contribution >= 0.6 is 0 Å². The molecule has 28 heavy (non-hydrogen) atoms. The van der Waals surface area contributed by atoms with Crippen LogP contribution in [0.4, 0.5) is 20.2 Å². The van der Waals surface area contributed by atoms with Gasteiger partial charge < -0.3 is 4.98 Å². The fourth-order valence-corrected chi connectivity index (χ4v) is 4.74. The van der Waals surface area contributed by atoms with Crippen molar-refractivity contribution < 1.29 is 17.2 Å². The normalized spacial score (nSPS) is 12.5. The van der Waals surface area contributed by atoms with Gasteiger partial charge in [0.2, 0.25) is 10.0 Å². The number of halogens is 2. The molecule has 0 fully saturated rings. The van der Waals surface area contributed by atoms with Crippen LogP contribution in [-0.2, 0) is 15.4 Å². The number of rotatable bonds is 5. The second-order valence-corrected chi connectivity index (χ2v) is 9.66. The van der Waals surface area contributed by atoms with Crippen molar-refractivity contribution in [3.8, 4) is 0 Å². The van der Waals surface area contributed by atoms with E-state index in [2.05, 4.69) is 9.97 Å². The lowest BCUT2D eigenvalue weighted by Crippen LogP contribution is -2.29. The average Bonchev–Trinajstić information content (AvgIpc) is 3.00. The molecule has 2 heterocycles. The molecule has 8 heteroatoms. The van der Waals surface area contributed by atoms with E-state index in [0.29, 0.717) is 18.1 Å². The Labute approximate surface area is 163 Å². The maximum absolute atomic E-state index is 14.5. The summed E-state index contributed by atoms with van der Waals surface area (Å²) in [5, 5.41) is 0.754. The lowest BCUT2D eigenvalue weighted by Gasteiger charge is -2.25. The maximum Gasteiger partial charge on any atom is 0.239 e. The molecule has 0 bridgehead atoms. The van der Waals surface area contributed by atoms with Crippen LogP contribution < -0.4 is 4.31 Å². The topological polar surface area (TPSA) is 66.1 Å². The Morgan fingerprint density at radius 3 is 2.50 bits per heavy atom. The summed E-state index contributed by atoms with van der Waals surface area (Å²) in [5.41, 5.74) is 1.35. The smallest absolute Gasteiger partial charge is 0.239 e. The second-order valence-electron chi connectivity index (χ2n) is 7.72. The van der Waals surface area contributed by atoms with Crippen molar-refractivity contribution in [2.24, 2.45) is 0 Å². The minimum Gasteiger partial charge on any atom is -0.346 e. The summed E-state index contributed by atoms with van der Waals surface area (Å²) >= 11 is 0. The number of hydrogen-bond acceptors (Lipinski definition) is 3. The number of H-pyrrole nitrogens is 1. The molecule has 2 aromatic heterocycles. The fourth-order valence-electron chi connectivity index (χ4n) is 3.17. The molecule has 3 rings (SSSR count). The van der Waals surface area contributed by atoms with E-state index >= 15 is 0 Å². The number of benzene rings is 1. The van der Waals surface area contributed by atoms with Crippen LogP contribution in [0.5, 0.6) is 0 Å². The highest BCUT2D eigenvalue weighted by atomic mass is 32.2. The summed E-state index contributed by atoms with van der Waals surface area (Å²) < 4.78 is 54.7. The summed E-state index contributed by atoms with van der Waals surface area (Å²) in [7, 11) is -3.89. The zero-order valence-corrected chi connectivity index (χ0v) is 17.1. The van der Waals surface area contributed by atoms with Crippen molar-refractivity contribution in [1.29, 1.82) is 0 Å². The highest BCUT2D eigenvalue weighted by Crippen LogP contribution is 2.36. The standard InChI is InChI=1S/C20H23F2N3O2S/c1-5-8-28(26,27)25(18-7-6-13(21)9-17(18)22)14-10-15-16(20(2,3)4)12-24-19(15)23-11-14/h6-7,9-12H,5,8H2,1-4H3,(H,23,24). The van der Waals surface area contributed by atoms with Crippen molar-refractivity contribution in [2.45, 2.75) is 39.5 Å². The Morgan fingerprint density at radius 1 is 1.18 bits per heavy atom. The van der Waals surface area contributed by atoms with Gasteiger partial charge in [0.05, 0.1) is 23.3 Å². The largest absolute Gasteiger partial charge is 0.346 e. The Hall–Kier alpha value is -2.48. The van der Waals surface area contributed by atoms with Crippen molar-refractivity contribution in [2.75, 3.05) is 10.1 Å². The summed E-state index contributed by atoms with van der Waals surface area (Å²) in [4.78, 5) is 7.41. The molecule has 1 aromatic carbocycles. The number of sulfonamides is 1. The van der Waals surface area contributed by atoms with Gasteiger partial charge in [0.1, 0.15) is 11.5 Å². The van der Waals surface area contributed by atoms with Gasteiger partial charge in [-0.3, -0.25) is 0 Å². The van der Waals surface area contributed by atoms with Gasteiger partial charge in [-0.15, -0.1) is 0 Å². The summed E-state index contributed by atoms with van der Waals surface area (Å²) in [6.07, 6.45) is 3.57. The molecule has 1 N–H and O–H groups in total. The predicted molar refractivity (Wildman–Crippen MR) is 107 cm³/mol. The number of pyridine rings is 1. The third kappa shape index (κ3) is 3.73. The molecule has 0 aliphatic carbocycles. The second kappa shape index (κ2) is 7.16. The Bertz CT molecular complexity index is 1120. The van der Waals surface area contributed by atoms with Crippen LogP contribution in [0.3, 0.4) is 0 Å². The molecule has 0 aliphatic heterocycles. The maximum atomic E-state index is 14.5. The molecule has 0 saturated carbocycles. The van der Waals surface area contributed by atoms with Gasteiger partial charge in [0, 0.05) is 17.6 Å². The monoisotopic (exact) mass is 407 g/mol. The molecule has 0 spiro atoms. The minimum atomic E-state index is -3.89. The quantitative estimate of drug-likeness (QED) is 0.646. The van der Waals surface area contributed by atoms with Crippen molar-refractivity contribution in [1.82, 2.24) is 9.97 Å². The highest BCUT2D eigenvalue weighted by Gasteiger charge is 2.28. The van der Waals surface area contributed by atoms with E-state index in [0.717, 1.165) is 27.4 Å². The van der Waals surface area contributed by atoms with E-state index in [9.17, 15) is 17.2 Å². The number of hydrogen-bond donors (Lipinski definition) is 1. The van der Waals surface area contributed by atoms with E-state index in [-0.39, 0.29) is 22.5 Å². The van der Waals surface area contributed by atoms with Crippen LogP contribution in [0.25, 0.3) is 11.0 Å². The van der Waals surface area contributed by atoms with Crippen LogP contribution in [0.2, 0.25) is 0 Å². The molecule has 0 aliphatic rings. The van der Waals surface area contributed by atoms with Crippen LogP contribution in [-0.4, -0.2) is 24.1 Å². The lowest BCUT2D eigenvalue weighted by molar-refractivity contribution is 0.578. The van der Waals surface area contributed by atoms with Crippen LogP contribution in [0.1, 0.15) is 39.7 Å². The Kier molecular flexibility index (Phi) is 5.18. The number of fused-ring (bicyclic) bond motifs is 1.